The quantitative estimate of drug-likeness (QED) is 0.255. The van der Waals surface area contributed by atoms with Crippen molar-refractivity contribution in [2.24, 2.45) is 0 Å². The molecule has 1 aliphatic heterocycles. The van der Waals surface area contributed by atoms with Gasteiger partial charge in [-0.1, -0.05) is 108 Å². The second-order valence-corrected chi connectivity index (χ2v) is 13.1. The van der Waals surface area contributed by atoms with Crippen LogP contribution in [0.3, 0.4) is 0 Å². The maximum Gasteiger partial charge on any atom is 0.0451 e. The zero-order chi connectivity index (χ0) is 26.0. The van der Waals surface area contributed by atoms with Crippen LogP contribution in [0.15, 0.2) is 92.0 Å². The van der Waals surface area contributed by atoms with Gasteiger partial charge in [0.05, 0.1) is 0 Å². The molecule has 0 N–H and O–H groups in total. The molecule has 2 aromatic carbocycles. The lowest BCUT2D eigenvalue weighted by molar-refractivity contribution is 0.624. The highest BCUT2D eigenvalue weighted by Gasteiger charge is 2.39. The Morgan fingerprint density at radius 1 is 1.06 bits per heavy atom. The second kappa shape index (κ2) is 11.4. The number of aryl methyl sites for hydroxylation is 1. The average molecular weight is 662 g/mol. The minimum absolute atomic E-state index is 0.0653. The number of fused-ring (bicyclic) bond motifs is 1. The lowest BCUT2D eigenvalue weighted by Gasteiger charge is -2.28. The lowest BCUT2D eigenvalue weighted by atomic mass is 9.76. The van der Waals surface area contributed by atoms with Gasteiger partial charge in [-0.15, -0.1) is 0 Å². The van der Waals surface area contributed by atoms with Gasteiger partial charge in [0, 0.05) is 42.2 Å². The molecular weight excluding hydrogens is 626 g/mol. The monoisotopic (exact) mass is 659 g/mol. The van der Waals surface area contributed by atoms with E-state index in [0.29, 0.717) is 0 Å². The number of allylic oxidation sites excluding steroid dienone is 7. The van der Waals surface area contributed by atoms with Gasteiger partial charge < -0.3 is 4.90 Å². The van der Waals surface area contributed by atoms with E-state index in [1.807, 2.05) is 0 Å². The lowest BCUT2D eigenvalue weighted by Crippen LogP contribution is -2.26. The highest BCUT2D eigenvalue weighted by molar-refractivity contribution is 9.12. The predicted octanol–water partition coefficient (Wildman–Crippen LogP) is 10.7. The van der Waals surface area contributed by atoms with Crippen LogP contribution in [-0.4, -0.2) is 6.54 Å². The van der Waals surface area contributed by atoms with Crippen molar-refractivity contribution in [2.75, 3.05) is 11.4 Å². The van der Waals surface area contributed by atoms with E-state index in [4.69, 9.17) is 0 Å². The molecule has 0 aliphatic carbocycles. The molecule has 0 saturated carbocycles. The Kier molecular flexibility index (Phi) is 9.16. The first kappa shape index (κ1) is 28.2. The van der Waals surface area contributed by atoms with Gasteiger partial charge >= 0.3 is 0 Å². The van der Waals surface area contributed by atoms with E-state index >= 15 is 0 Å². The Morgan fingerprint density at radius 3 is 2.40 bits per heavy atom. The van der Waals surface area contributed by atoms with Crippen LogP contribution in [0, 0.1) is 6.92 Å². The van der Waals surface area contributed by atoms with Gasteiger partial charge in [-0.2, -0.15) is 0 Å². The molecule has 35 heavy (non-hydrogen) atoms. The first-order valence-corrected chi connectivity index (χ1v) is 14.6. The molecule has 3 rings (SSSR count). The van der Waals surface area contributed by atoms with Crippen molar-refractivity contribution in [3.63, 3.8) is 0 Å². The summed E-state index contributed by atoms with van der Waals surface area (Å²) in [6.07, 6.45) is 11.0. The maximum atomic E-state index is 4.41. The van der Waals surface area contributed by atoms with Crippen LogP contribution < -0.4 is 4.90 Å². The highest BCUT2D eigenvalue weighted by atomic mass is 79.9. The second-order valence-electron chi connectivity index (χ2n) is 10.3. The molecule has 0 spiro atoms. The third kappa shape index (κ3) is 6.14. The van der Waals surface area contributed by atoms with Gasteiger partial charge in [0.15, 0.2) is 0 Å². The van der Waals surface area contributed by atoms with Crippen LogP contribution in [0.5, 0.6) is 0 Å². The number of nitrogens with zero attached hydrogens (tertiary/aromatic N) is 1. The van der Waals surface area contributed by atoms with Gasteiger partial charge in [0.25, 0.3) is 0 Å². The van der Waals surface area contributed by atoms with Crippen LogP contribution in [-0.2, 0) is 10.8 Å². The molecule has 1 heterocycles. The zero-order valence-corrected chi connectivity index (χ0v) is 26.4. The van der Waals surface area contributed by atoms with Crippen LogP contribution in [0.4, 0.5) is 5.69 Å². The Morgan fingerprint density at radius 2 is 1.71 bits per heavy atom. The molecule has 2 aromatic rings. The Labute approximate surface area is 237 Å². The highest BCUT2D eigenvalue weighted by Crippen LogP contribution is 2.48. The van der Waals surface area contributed by atoms with Crippen molar-refractivity contribution in [3.8, 4) is 0 Å². The molecule has 0 radical (unpaired) electrons. The molecule has 1 aliphatic rings. The largest absolute Gasteiger partial charge is 0.344 e. The van der Waals surface area contributed by atoms with E-state index in [1.54, 1.807) is 0 Å². The van der Waals surface area contributed by atoms with E-state index in [1.165, 1.54) is 34.5 Å². The Hall–Kier alpha value is -1.36. The van der Waals surface area contributed by atoms with Crippen LogP contribution in [0.2, 0.25) is 0 Å². The summed E-state index contributed by atoms with van der Waals surface area (Å²) >= 11 is 11.1. The molecular formula is C31H36Br3N. The molecule has 0 bridgehead atoms. The normalized spacial score (nSPS) is 16.9. The van der Waals surface area contributed by atoms with Crippen molar-refractivity contribution in [2.45, 2.75) is 65.2 Å². The number of benzene rings is 2. The van der Waals surface area contributed by atoms with E-state index in [9.17, 15) is 0 Å². The number of anilines is 1. The molecule has 0 saturated heterocycles. The van der Waals surface area contributed by atoms with Crippen LogP contribution in [0.25, 0.3) is 0 Å². The van der Waals surface area contributed by atoms with Gasteiger partial charge in [-0.25, -0.2) is 0 Å². The molecule has 4 heteroatoms. The van der Waals surface area contributed by atoms with Crippen molar-refractivity contribution < 1.29 is 0 Å². The molecule has 0 unspecified atom stereocenters. The molecule has 186 valence electrons. The first-order chi connectivity index (χ1) is 16.4. The summed E-state index contributed by atoms with van der Waals surface area (Å²) in [5, 5.41) is 0. The zero-order valence-electron chi connectivity index (χ0n) is 21.7. The van der Waals surface area contributed by atoms with Crippen molar-refractivity contribution in [1.82, 2.24) is 0 Å². The van der Waals surface area contributed by atoms with Gasteiger partial charge in [-0.3, -0.25) is 0 Å². The molecule has 0 aromatic heterocycles. The summed E-state index contributed by atoms with van der Waals surface area (Å²) < 4.78 is 3.24. The van der Waals surface area contributed by atoms with Gasteiger partial charge in [0.1, 0.15) is 0 Å². The number of unbranched alkanes of at least 4 members (excludes halogenated alkanes) is 1. The third-order valence-corrected chi connectivity index (χ3v) is 8.62. The fourth-order valence-electron chi connectivity index (χ4n) is 4.75. The SMILES string of the molecule is C=C(/C=C/C(Br)=C/C=C1/N(CCCC)c2ccc(Br)cc2C1(C)C)C(C)(C)c1cc(Br)ccc1C. The Balaban J connectivity index is 1.88. The van der Waals surface area contributed by atoms with E-state index in [-0.39, 0.29) is 10.8 Å². The van der Waals surface area contributed by atoms with Crippen molar-refractivity contribution in [3.05, 3.63) is 109 Å². The van der Waals surface area contributed by atoms with Crippen LogP contribution in [0.1, 0.15) is 64.2 Å². The summed E-state index contributed by atoms with van der Waals surface area (Å²) in [5.41, 5.74) is 7.40. The van der Waals surface area contributed by atoms with Crippen molar-refractivity contribution in [1.29, 1.82) is 0 Å². The Bertz CT molecular complexity index is 1200. The van der Waals surface area contributed by atoms with E-state index in [2.05, 4.69) is 162 Å². The van der Waals surface area contributed by atoms with E-state index < -0.39 is 0 Å². The number of rotatable bonds is 8. The number of halogens is 3. The first-order valence-electron chi connectivity index (χ1n) is 12.2. The summed E-state index contributed by atoms with van der Waals surface area (Å²) in [6.45, 7) is 18.9. The maximum absolute atomic E-state index is 4.41. The summed E-state index contributed by atoms with van der Waals surface area (Å²) in [6, 6.07) is 13.1. The predicted molar refractivity (Wildman–Crippen MR) is 165 cm³/mol. The van der Waals surface area contributed by atoms with Crippen LogP contribution >= 0.6 is 47.8 Å². The molecule has 1 nitrogen and oxygen atoms in total. The summed E-state index contributed by atoms with van der Waals surface area (Å²) in [4.78, 5) is 2.49. The fraction of sp³-hybridized carbons (Fsp3) is 0.355. The summed E-state index contributed by atoms with van der Waals surface area (Å²) in [5.74, 6) is 0. The molecule has 0 amide bonds. The standard InChI is InChI=1S/C31H36Br3N/c1-8-9-18-35-28-16-14-25(34)20-27(28)31(6,7)29(35)17-15-23(32)13-11-22(3)30(4,5)26-19-24(33)12-10-21(26)2/h10-17,19-20H,3,8-9,18H2,1-2,4-7H3/b13-11+,23-15-,29-17+. The van der Waals surface area contributed by atoms with Gasteiger partial charge in [-0.05, 0) is 84.2 Å². The van der Waals surface area contributed by atoms with Gasteiger partial charge in [0.2, 0.25) is 0 Å². The smallest absolute Gasteiger partial charge is 0.0451 e. The third-order valence-electron chi connectivity index (χ3n) is 7.11. The average Bonchev–Trinajstić information content (AvgIpc) is 3.01. The number of hydrogen-bond donors (Lipinski definition) is 0. The minimum Gasteiger partial charge on any atom is -0.344 e. The molecule has 0 atom stereocenters. The fourth-order valence-corrected chi connectivity index (χ4v) is 5.73. The van der Waals surface area contributed by atoms with E-state index in [0.717, 1.165) is 32.0 Å². The topological polar surface area (TPSA) is 3.24 Å². The molecule has 0 fully saturated rings. The van der Waals surface area contributed by atoms with Crippen molar-refractivity contribution >= 4 is 53.5 Å². The summed E-state index contributed by atoms with van der Waals surface area (Å²) in [7, 11) is 0. The minimum atomic E-state index is -0.171. The number of hydrogen-bond acceptors (Lipinski definition) is 1.